The third-order valence-electron chi connectivity index (χ3n) is 6.05. The number of carbonyl (C=O) groups is 2. The number of aliphatic hydroxyl groups is 1. The smallest absolute Gasteiger partial charge is 0.295 e. The van der Waals surface area contributed by atoms with Crippen LogP contribution in [0.2, 0.25) is 0 Å². The Morgan fingerprint density at radius 2 is 1.73 bits per heavy atom. The number of benzene rings is 2. The van der Waals surface area contributed by atoms with E-state index in [0.717, 1.165) is 16.8 Å². The normalized spacial score (nSPS) is 18.0. The van der Waals surface area contributed by atoms with E-state index in [0.29, 0.717) is 24.3 Å². The van der Waals surface area contributed by atoms with Crippen molar-refractivity contribution in [2.24, 2.45) is 0 Å². The molecule has 1 N–H and O–H groups in total. The summed E-state index contributed by atoms with van der Waals surface area (Å²) in [5.74, 6) is -1.03. The van der Waals surface area contributed by atoms with Crippen LogP contribution >= 0.6 is 0 Å². The number of carbonyl (C=O) groups excluding carboxylic acids is 2. The summed E-state index contributed by atoms with van der Waals surface area (Å²) in [5, 5.41) is 11.5. The first-order chi connectivity index (χ1) is 15.5. The molecule has 1 unspecified atom stereocenters. The lowest BCUT2D eigenvalue weighted by molar-refractivity contribution is -0.139. The second kappa shape index (κ2) is 9.30. The highest BCUT2D eigenvalue weighted by Crippen LogP contribution is 2.42. The van der Waals surface area contributed by atoms with Gasteiger partial charge >= 0.3 is 0 Å². The van der Waals surface area contributed by atoms with Gasteiger partial charge in [-0.3, -0.25) is 9.59 Å². The van der Waals surface area contributed by atoms with E-state index >= 15 is 0 Å². The second-order valence-corrected chi connectivity index (χ2v) is 9.64. The van der Waals surface area contributed by atoms with Gasteiger partial charge in [-0.05, 0) is 47.2 Å². The van der Waals surface area contributed by atoms with Gasteiger partial charge in [0, 0.05) is 26.3 Å². The molecule has 1 aliphatic heterocycles. The first kappa shape index (κ1) is 24.4. The van der Waals surface area contributed by atoms with Crippen LogP contribution < -0.4 is 9.64 Å². The molecule has 0 spiro atoms. The lowest BCUT2D eigenvalue weighted by atomic mass is 9.85. The van der Waals surface area contributed by atoms with Gasteiger partial charge in [0.2, 0.25) is 0 Å². The molecule has 1 aliphatic rings. The number of Topliss-reactive ketones (excluding diaryl/α,β-unsaturated/α-hetero) is 1. The Bertz CT molecular complexity index is 1080. The average Bonchev–Trinajstić information content (AvgIpc) is 3.02. The summed E-state index contributed by atoms with van der Waals surface area (Å²) < 4.78 is 5.50. The summed E-state index contributed by atoms with van der Waals surface area (Å²) in [5.41, 5.74) is 3.10. The van der Waals surface area contributed by atoms with E-state index in [4.69, 9.17) is 4.74 Å². The number of amides is 1. The Labute approximate surface area is 196 Å². The molecule has 0 aromatic heterocycles. The zero-order valence-corrected chi connectivity index (χ0v) is 20.6. The maximum Gasteiger partial charge on any atom is 0.295 e. The molecule has 0 saturated carbocycles. The minimum Gasteiger partial charge on any atom is -0.507 e. The van der Waals surface area contributed by atoms with Crippen LogP contribution in [0.1, 0.15) is 56.8 Å². The van der Waals surface area contributed by atoms with E-state index < -0.39 is 17.7 Å². The van der Waals surface area contributed by atoms with Crippen LogP contribution in [0, 0.1) is 0 Å². The van der Waals surface area contributed by atoms with Gasteiger partial charge in [0.05, 0.1) is 24.3 Å². The van der Waals surface area contributed by atoms with Crippen LogP contribution in [0.25, 0.3) is 5.76 Å². The maximum atomic E-state index is 13.2. The molecular formula is C27H34N2O4. The fourth-order valence-electron chi connectivity index (χ4n) is 4.16. The van der Waals surface area contributed by atoms with Crippen molar-refractivity contribution in [2.75, 3.05) is 32.6 Å². The van der Waals surface area contributed by atoms with Gasteiger partial charge in [-0.1, -0.05) is 45.9 Å². The number of hydrogen-bond donors (Lipinski definition) is 1. The quantitative estimate of drug-likeness (QED) is 0.385. The van der Waals surface area contributed by atoms with Crippen molar-refractivity contribution in [2.45, 2.75) is 45.6 Å². The topological polar surface area (TPSA) is 70.1 Å². The van der Waals surface area contributed by atoms with Crippen molar-refractivity contribution >= 4 is 23.1 Å². The number of rotatable bonds is 6. The third kappa shape index (κ3) is 4.61. The number of ketones is 1. The second-order valence-electron chi connectivity index (χ2n) is 9.64. The summed E-state index contributed by atoms with van der Waals surface area (Å²) in [4.78, 5) is 29.7. The SMILES string of the molecule is CCCN1C(=O)C(=O)/C(=C(/O)c2cc(C(C)(C)C)ccc2OC)C1c1ccc(N(C)C)cc1. The van der Waals surface area contributed by atoms with Crippen molar-refractivity contribution < 1.29 is 19.4 Å². The van der Waals surface area contributed by atoms with Gasteiger partial charge in [0.25, 0.3) is 11.7 Å². The van der Waals surface area contributed by atoms with Crippen LogP contribution in [0.3, 0.4) is 0 Å². The summed E-state index contributed by atoms with van der Waals surface area (Å²) in [6.45, 7) is 8.60. The maximum absolute atomic E-state index is 13.2. The molecule has 33 heavy (non-hydrogen) atoms. The van der Waals surface area contributed by atoms with Gasteiger partial charge in [-0.15, -0.1) is 0 Å². The minimum absolute atomic E-state index is 0.0930. The first-order valence-electron chi connectivity index (χ1n) is 11.3. The highest BCUT2D eigenvalue weighted by Gasteiger charge is 2.46. The van der Waals surface area contributed by atoms with Crippen LogP contribution in [-0.4, -0.2) is 49.4 Å². The van der Waals surface area contributed by atoms with Gasteiger partial charge in [0.15, 0.2) is 0 Å². The van der Waals surface area contributed by atoms with Gasteiger partial charge in [-0.2, -0.15) is 0 Å². The number of hydrogen-bond acceptors (Lipinski definition) is 5. The van der Waals surface area contributed by atoms with Crippen LogP contribution in [-0.2, 0) is 15.0 Å². The fraction of sp³-hybridized carbons (Fsp3) is 0.407. The molecule has 2 aromatic rings. The first-order valence-corrected chi connectivity index (χ1v) is 11.3. The van der Waals surface area contributed by atoms with Crippen LogP contribution in [0.5, 0.6) is 5.75 Å². The molecule has 6 nitrogen and oxygen atoms in total. The predicted molar refractivity (Wildman–Crippen MR) is 132 cm³/mol. The Kier molecular flexibility index (Phi) is 6.86. The van der Waals surface area contributed by atoms with Gasteiger partial charge in [-0.25, -0.2) is 0 Å². The molecular weight excluding hydrogens is 416 g/mol. The molecule has 6 heteroatoms. The minimum atomic E-state index is -0.675. The Morgan fingerprint density at radius 3 is 2.24 bits per heavy atom. The summed E-state index contributed by atoms with van der Waals surface area (Å²) in [6.07, 6.45) is 0.697. The van der Waals surface area contributed by atoms with Crippen molar-refractivity contribution in [3.63, 3.8) is 0 Å². The molecule has 1 heterocycles. The third-order valence-corrected chi connectivity index (χ3v) is 6.05. The predicted octanol–water partition coefficient (Wildman–Crippen LogP) is 4.89. The Morgan fingerprint density at radius 1 is 1.09 bits per heavy atom. The number of likely N-dealkylation sites (tertiary alicyclic amines) is 1. The summed E-state index contributed by atoms with van der Waals surface area (Å²) in [7, 11) is 5.43. The molecule has 2 aromatic carbocycles. The van der Waals surface area contributed by atoms with Crippen molar-refractivity contribution in [1.82, 2.24) is 4.90 Å². The van der Waals surface area contributed by atoms with E-state index in [1.165, 1.54) is 7.11 Å². The highest BCUT2D eigenvalue weighted by molar-refractivity contribution is 6.46. The van der Waals surface area contributed by atoms with Crippen molar-refractivity contribution in [1.29, 1.82) is 0 Å². The Balaban J connectivity index is 2.25. The van der Waals surface area contributed by atoms with Crippen LogP contribution in [0.15, 0.2) is 48.0 Å². The standard InChI is InChI=1S/C27H34N2O4/c1-8-15-29-23(17-9-12-19(13-10-17)28(5)6)22(25(31)26(29)32)24(30)20-16-18(27(2,3)4)11-14-21(20)33-7/h9-14,16,23,30H,8,15H2,1-7H3/b24-22+. The zero-order valence-electron chi connectivity index (χ0n) is 20.6. The number of nitrogens with zero attached hydrogens (tertiary/aromatic N) is 2. The van der Waals surface area contributed by atoms with E-state index in [2.05, 4.69) is 20.8 Å². The monoisotopic (exact) mass is 450 g/mol. The number of ether oxygens (including phenoxy) is 1. The molecule has 0 aliphatic carbocycles. The number of methoxy groups -OCH3 is 1. The largest absolute Gasteiger partial charge is 0.507 e. The molecule has 1 atom stereocenters. The molecule has 0 bridgehead atoms. The number of aliphatic hydroxyl groups excluding tert-OH is 1. The number of anilines is 1. The van der Waals surface area contributed by atoms with Gasteiger partial charge in [0.1, 0.15) is 11.5 Å². The molecule has 0 radical (unpaired) electrons. The molecule has 3 rings (SSSR count). The highest BCUT2D eigenvalue weighted by atomic mass is 16.5. The van der Waals surface area contributed by atoms with Crippen molar-refractivity contribution in [3.8, 4) is 5.75 Å². The molecule has 1 fully saturated rings. The van der Waals surface area contributed by atoms with E-state index in [9.17, 15) is 14.7 Å². The fourth-order valence-corrected chi connectivity index (χ4v) is 4.16. The summed E-state index contributed by atoms with van der Waals surface area (Å²) in [6, 6.07) is 12.6. The lowest BCUT2D eigenvalue weighted by Crippen LogP contribution is -2.30. The summed E-state index contributed by atoms with van der Waals surface area (Å²) >= 11 is 0. The van der Waals surface area contributed by atoms with E-state index in [1.54, 1.807) is 11.0 Å². The van der Waals surface area contributed by atoms with Gasteiger partial charge < -0.3 is 19.6 Å². The average molecular weight is 451 g/mol. The van der Waals surface area contributed by atoms with Crippen molar-refractivity contribution in [3.05, 3.63) is 64.7 Å². The lowest BCUT2D eigenvalue weighted by Gasteiger charge is -2.26. The zero-order chi connectivity index (χ0) is 24.5. The van der Waals surface area contributed by atoms with Crippen LogP contribution in [0.4, 0.5) is 5.69 Å². The molecule has 1 amide bonds. The molecule has 1 saturated heterocycles. The van der Waals surface area contributed by atoms with E-state index in [1.807, 2.05) is 62.3 Å². The molecule has 176 valence electrons. The van der Waals surface area contributed by atoms with E-state index in [-0.39, 0.29) is 16.7 Å². The Hall–Kier alpha value is -3.28.